The second kappa shape index (κ2) is 6.43. The first-order valence-corrected chi connectivity index (χ1v) is 6.69. The van der Waals surface area contributed by atoms with Crippen LogP contribution in [0.3, 0.4) is 0 Å². The quantitative estimate of drug-likeness (QED) is 0.849. The number of amides is 1. The molecular weight excluding hydrogens is 262 g/mol. The number of nitrogens with one attached hydrogen (secondary N) is 1. The normalized spacial score (nSPS) is 12.1. The smallest absolute Gasteiger partial charge is 0.254 e. The highest BCUT2D eigenvalue weighted by Gasteiger charge is 2.15. The van der Waals surface area contributed by atoms with E-state index in [1.165, 1.54) is 6.26 Å². The molecule has 0 spiro atoms. The molecule has 0 bridgehead atoms. The Hall–Kier alpha value is -1.74. The largest absolute Gasteiger partial charge is 0.469 e. The molecule has 2 rings (SSSR count). The average Bonchev–Trinajstić information content (AvgIpc) is 2.93. The maximum atomic E-state index is 12.0. The van der Waals surface area contributed by atoms with Crippen LogP contribution in [-0.2, 0) is 6.42 Å². The van der Waals surface area contributed by atoms with Gasteiger partial charge in [0, 0.05) is 13.0 Å². The molecule has 1 amide bonds. The predicted molar refractivity (Wildman–Crippen MR) is 75.5 cm³/mol. The zero-order valence-corrected chi connectivity index (χ0v) is 11.5. The fourth-order valence-electron chi connectivity index (χ4n) is 1.87. The van der Waals surface area contributed by atoms with Crippen molar-refractivity contribution in [3.8, 4) is 0 Å². The van der Waals surface area contributed by atoms with Gasteiger partial charge in [-0.25, -0.2) is 0 Å². The van der Waals surface area contributed by atoms with E-state index in [4.69, 9.17) is 16.0 Å². The van der Waals surface area contributed by atoms with Crippen molar-refractivity contribution in [2.24, 2.45) is 0 Å². The fraction of sp³-hybridized carbons (Fsp3) is 0.267. The van der Waals surface area contributed by atoms with Crippen molar-refractivity contribution in [1.29, 1.82) is 0 Å². The summed E-state index contributed by atoms with van der Waals surface area (Å²) < 4.78 is 5.23. The molecule has 0 saturated heterocycles. The lowest BCUT2D eigenvalue weighted by Gasteiger charge is -2.11. The fourth-order valence-corrected chi connectivity index (χ4v) is 2.10. The SMILES string of the molecule is CCc1occc1C(=O)NCC(Cl)c1ccccc1. The predicted octanol–water partition coefficient (Wildman–Crippen LogP) is 3.55. The minimum Gasteiger partial charge on any atom is -0.469 e. The van der Waals surface area contributed by atoms with Gasteiger partial charge in [0.1, 0.15) is 5.76 Å². The highest BCUT2D eigenvalue weighted by Crippen LogP contribution is 2.19. The van der Waals surface area contributed by atoms with Crippen LogP contribution >= 0.6 is 11.6 Å². The standard InChI is InChI=1S/C15H16ClNO2/c1-2-14-12(8-9-19-14)15(18)17-10-13(16)11-6-4-3-5-7-11/h3-9,13H,2,10H2,1H3,(H,17,18). The van der Waals surface area contributed by atoms with Crippen LogP contribution in [0.5, 0.6) is 0 Å². The van der Waals surface area contributed by atoms with Crippen LogP contribution in [0, 0.1) is 0 Å². The first-order chi connectivity index (χ1) is 9.22. The van der Waals surface area contributed by atoms with E-state index in [1.54, 1.807) is 6.07 Å². The summed E-state index contributed by atoms with van der Waals surface area (Å²) in [5, 5.41) is 2.59. The summed E-state index contributed by atoms with van der Waals surface area (Å²) in [6.07, 6.45) is 2.22. The maximum absolute atomic E-state index is 12.0. The van der Waals surface area contributed by atoms with Crippen LogP contribution in [0.25, 0.3) is 0 Å². The molecule has 0 aliphatic rings. The van der Waals surface area contributed by atoms with E-state index in [9.17, 15) is 4.79 Å². The third-order valence-electron chi connectivity index (χ3n) is 2.91. The summed E-state index contributed by atoms with van der Waals surface area (Å²) in [5.41, 5.74) is 1.58. The molecule has 1 unspecified atom stereocenters. The number of halogens is 1. The summed E-state index contributed by atoms with van der Waals surface area (Å²) >= 11 is 6.25. The molecule has 1 heterocycles. The number of carbonyl (C=O) groups excluding carboxylic acids is 1. The van der Waals surface area contributed by atoms with Crippen LogP contribution in [0.4, 0.5) is 0 Å². The lowest BCUT2D eigenvalue weighted by Crippen LogP contribution is -2.27. The zero-order chi connectivity index (χ0) is 13.7. The van der Waals surface area contributed by atoms with Gasteiger partial charge in [-0.2, -0.15) is 0 Å². The Morgan fingerprint density at radius 1 is 1.32 bits per heavy atom. The van der Waals surface area contributed by atoms with Gasteiger partial charge in [0.05, 0.1) is 17.2 Å². The van der Waals surface area contributed by atoms with Gasteiger partial charge in [-0.05, 0) is 11.6 Å². The van der Waals surface area contributed by atoms with Crippen molar-refractivity contribution < 1.29 is 9.21 Å². The van der Waals surface area contributed by atoms with Gasteiger partial charge in [-0.1, -0.05) is 37.3 Å². The summed E-state index contributed by atoms with van der Waals surface area (Å²) in [4.78, 5) is 12.0. The van der Waals surface area contributed by atoms with Crippen molar-refractivity contribution in [3.63, 3.8) is 0 Å². The van der Waals surface area contributed by atoms with Crippen molar-refractivity contribution in [3.05, 3.63) is 59.5 Å². The number of hydrogen-bond acceptors (Lipinski definition) is 2. The van der Waals surface area contributed by atoms with Crippen LogP contribution in [0.1, 0.15) is 34.0 Å². The summed E-state index contributed by atoms with van der Waals surface area (Å²) in [6.45, 7) is 2.34. The average molecular weight is 278 g/mol. The highest BCUT2D eigenvalue weighted by molar-refractivity contribution is 6.21. The van der Waals surface area contributed by atoms with Gasteiger partial charge < -0.3 is 9.73 Å². The van der Waals surface area contributed by atoms with Crippen LogP contribution in [-0.4, -0.2) is 12.5 Å². The molecule has 2 aromatic rings. The van der Waals surface area contributed by atoms with E-state index in [1.807, 2.05) is 37.3 Å². The Kier molecular flexibility index (Phi) is 4.63. The lowest BCUT2D eigenvalue weighted by atomic mass is 10.1. The second-order valence-electron chi connectivity index (χ2n) is 4.20. The van der Waals surface area contributed by atoms with Crippen molar-refractivity contribution >= 4 is 17.5 Å². The molecule has 0 saturated carbocycles. The van der Waals surface area contributed by atoms with Crippen molar-refractivity contribution in [2.75, 3.05) is 6.54 Å². The van der Waals surface area contributed by atoms with E-state index < -0.39 is 0 Å². The highest BCUT2D eigenvalue weighted by atomic mass is 35.5. The number of hydrogen-bond donors (Lipinski definition) is 1. The first kappa shape index (κ1) is 13.7. The molecule has 1 N–H and O–H groups in total. The number of alkyl halides is 1. The summed E-state index contributed by atoms with van der Waals surface area (Å²) in [7, 11) is 0. The van der Waals surface area contributed by atoms with E-state index in [2.05, 4.69) is 5.32 Å². The molecule has 19 heavy (non-hydrogen) atoms. The molecule has 1 atom stereocenters. The molecular formula is C15H16ClNO2. The van der Waals surface area contributed by atoms with Gasteiger partial charge in [0.2, 0.25) is 0 Å². The Balaban J connectivity index is 1.94. The third kappa shape index (κ3) is 3.38. The molecule has 0 fully saturated rings. The maximum Gasteiger partial charge on any atom is 0.254 e. The second-order valence-corrected chi connectivity index (χ2v) is 4.73. The molecule has 0 radical (unpaired) electrons. The summed E-state index contributed by atoms with van der Waals surface area (Å²) in [5.74, 6) is 0.551. The number of carbonyl (C=O) groups is 1. The lowest BCUT2D eigenvalue weighted by molar-refractivity contribution is 0.0951. The van der Waals surface area contributed by atoms with Gasteiger partial charge >= 0.3 is 0 Å². The van der Waals surface area contributed by atoms with E-state index >= 15 is 0 Å². The molecule has 3 nitrogen and oxygen atoms in total. The Bertz CT molecular complexity index is 536. The Morgan fingerprint density at radius 2 is 2.05 bits per heavy atom. The van der Waals surface area contributed by atoms with Gasteiger partial charge in [0.25, 0.3) is 5.91 Å². The first-order valence-electron chi connectivity index (χ1n) is 6.26. The Labute approximate surface area is 117 Å². The van der Waals surface area contributed by atoms with Gasteiger partial charge in [-0.15, -0.1) is 11.6 Å². The van der Waals surface area contributed by atoms with Crippen LogP contribution < -0.4 is 5.32 Å². The minimum absolute atomic E-state index is 0.146. The zero-order valence-electron chi connectivity index (χ0n) is 10.7. The van der Waals surface area contributed by atoms with Crippen molar-refractivity contribution in [2.45, 2.75) is 18.7 Å². The van der Waals surface area contributed by atoms with E-state index in [0.717, 1.165) is 5.56 Å². The number of benzene rings is 1. The summed E-state index contributed by atoms with van der Waals surface area (Å²) in [6, 6.07) is 11.4. The third-order valence-corrected chi connectivity index (χ3v) is 3.32. The minimum atomic E-state index is -0.234. The monoisotopic (exact) mass is 277 g/mol. The Morgan fingerprint density at radius 3 is 2.74 bits per heavy atom. The molecule has 0 aliphatic heterocycles. The molecule has 0 aliphatic carbocycles. The number of rotatable bonds is 5. The van der Waals surface area contributed by atoms with Gasteiger partial charge in [0.15, 0.2) is 0 Å². The molecule has 1 aromatic heterocycles. The topological polar surface area (TPSA) is 42.2 Å². The van der Waals surface area contributed by atoms with Crippen LogP contribution in [0.2, 0.25) is 0 Å². The van der Waals surface area contributed by atoms with E-state index in [-0.39, 0.29) is 11.3 Å². The van der Waals surface area contributed by atoms with E-state index in [0.29, 0.717) is 24.3 Å². The number of aryl methyl sites for hydroxylation is 1. The molecule has 4 heteroatoms. The number of furan rings is 1. The molecule has 1 aromatic carbocycles. The van der Waals surface area contributed by atoms with Gasteiger partial charge in [-0.3, -0.25) is 4.79 Å². The molecule has 100 valence electrons. The van der Waals surface area contributed by atoms with Crippen molar-refractivity contribution in [1.82, 2.24) is 5.32 Å². The van der Waals surface area contributed by atoms with Crippen LogP contribution in [0.15, 0.2) is 47.1 Å².